The summed E-state index contributed by atoms with van der Waals surface area (Å²) in [6, 6.07) is 2.85. The number of carbonyl (C=O) groups excluding carboxylic acids is 1. The van der Waals surface area contributed by atoms with E-state index >= 15 is 0 Å². The molecule has 7 nitrogen and oxygen atoms in total. The zero-order valence-electron chi connectivity index (χ0n) is 15.4. The number of aliphatic imine (C=N–C) groups is 1. The first-order chi connectivity index (χ1) is 13.3. The Labute approximate surface area is 160 Å². The van der Waals surface area contributed by atoms with E-state index < -0.39 is 23.2 Å². The van der Waals surface area contributed by atoms with Gasteiger partial charge in [0.1, 0.15) is 17.4 Å². The number of allylic oxidation sites excluding steroid dienone is 2. The second kappa shape index (κ2) is 8.27. The molecule has 1 aromatic rings. The fourth-order valence-corrected chi connectivity index (χ4v) is 3.41. The van der Waals surface area contributed by atoms with E-state index in [2.05, 4.69) is 15.3 Å². The van der Waals surface area contributed by atoms with Crippen LogP contribution in [0.25, 0.3) is 0 Å². The number of Topliss-reactive ketones (excluding diaryl/α,β-unsaturated/α-hetero) is 1. The number of rotatable bonds is 4. The van der Waals surface area contributed by atoms with Crippen molar-refractivity contribution >= 4 is 17.4 Å². The summed E-state index contributed by atoms with van der Waals surface area (Å²) in [5.41, 5.74) is 4.09. The zero-order chi connectivity index (χ0) is 20.3. The van der Waals surface area contributed by atoms with Gasteiger partial charge in [-0.2, -0.15) is 13.2 Å². The average molecular weight is 397 g/mol. The molecule has 28 heavy (non-hydrogen) atoms. The Kier molecular flexibility index (Phi) is 5.99. The number of anilines is 1. The molecular weight excluding hydrogens is 375 g/mol. The van der Waals surface area contributed by atoms with Gasteiger partial charge in [-0.1, -0.05) is 0 Å². The lowest BCUT2D eigenvalue weighted by molar-refractivity contribution is -0.0949. The van der Waals surface area contributed by atoms with Crippen molar-refractivity contribution in [3.63, 3.8) is 0 Å². The van der Waals surface area contributed by atoms with Gasteiger partial charge in [0.25, 0.3) is 0 Å². The smallest absolute Gasteiger partial charge is 0.383 e. The van der Waals surface area contributed by atoms with Crippen LogP contribution >= 0.6 is 0 Å². The number of nitrogens with zero attached hydrogens (tertiary/aromatic N) is 3. The molecule has 0 saturated carbocycles. The van der Waals surface area contributed by atoms with E-state index in [0.717, 1.165) is 0 Å². The van der Waals surface area contributed by atoms with Gasteiger partial charge < -0.3 is 20.7 Å². The Bertz CT molecular complexity index is 805. The van der Waals surface area contributed by atoms with Gasteiger partial charge in [-0.05, 0) is 18.6 Å². The third kappa shape index (κ3) is 4.33. The molecule has 3 N–H and O–H groups in total. The summed E-state index contributed by atoms with van der Waals surface area (Å²) in [4.78, 5) is 22.7. The largest absolute Gasteiger partial charge is 0.414 e. The van der Waals surface area contributed by atoms with Gasteiger partial charge in [-0.15, -0.1) is 0 Å². The molecule has 0 radical (unpaired) electrons. The maximum atomic E-state index is 13.5. The number of halogens is 3. The summed E-state index contributed by atoms with van der Waals surface area (Å²) in [5, 5.41) is 3.28. The lowest BCUT2D eigenvalue weighted by atomic mass is 9.97. The number of aromatic nitrogens is 1. The topological polar surface area (TPSA) is 92.8 Å². The summed E-state index contributed by atoms with van der Waals surface area (Å²) in [5.74, 6) is -0.508. The lowest BCUT2D eigenvalue weighted by Crippen LogP contribution is -2.54. The Morgan fingerprint density at radius 2 is 2.21 bits per heavy atom. The number of ether oxygens (including phenoxy) is 1. The second-order valence-corrected chi connectivity index (χ2v) is 6.67. The van der Waals surface area contributed by atoms with Gasteiger partial charge in [-0.25, -0.2) is 9.98 Å². The van der Waals surface area contributed by atoms with Crippen LogP contribution in [-0.2, 0) is 4.74 Å². The average Bonchev–Trinajstić information content (AvgIpc) is 2.67. The molecule has 1 saturated heterocycles. The van der Waals surface area contributed by atoms with Crippen molar-refractivity contribution in [2.75, 3.05) is 39.1 Å². The van der Waals surface area contributed by atoms with Crippen molar-refractivity contribution in [2.24, 2.45) is 4.99 Å². The van der Waals surface area contributed by atoms with Gasteiger partial charge >= 0.3 is 6.18 Å². The number of nitrogens with two attached hydrogens (primary N) is 1. The number of hydrogen-bond donors (Lipinski definition) is 2. The minimum absolute atomic E-state index is 0.0440. The molecule has 1 atom stereocenters. The Morgan fingerprint density at radius 3 is 2.89 bits per heavy atom. The third-order valence-corrected chi connectivity index (χ3v) is 4.75. The fourth-order valence-electron chi connectivity index (χ4n) is 3.41. The van der Waals surface area contributed by atoms with Crippen LogP contribution in [-0.4, -0.2) is 67.1 Å². The number of alkyl halides is 3. The minimum atomic E-state index is -4.64. The second-order valence-electron chi connectivity index (χ2n) is 6.67. The monoisotopic (exact) mass is 397 g/mol. The first-order valence-electron chi connectivity index (χ1n) is 8.91. The molecule has 0 aliphatic carbocycles. The van der Waals surface area contributed by atoms with Crippen molar-refractivity contribution in [3.05, 3.63) is 35.2 Å². The van der Waals surface area contributed by atoms with Gasteiger partial charge in [0, 0.05) is 45.4 Å². The molecule has 1 fully saturated rings. The number of carbonyl (C=O) groups is 1. The van der Waals surface area contributed by atoms with E-state index in [1.165, 1.54) is 18.3 Å². The molecule has 0 spiro atoms. The molecule has 0 bridgehead atoms. The van der Waals surface area contributed by atoms with Crippen LogP contribution < -0.4 is 11.1 Å². The van der Waals surface area contributed by atoms with E-state index in [1.54, 1.807) is 7.11 Å². The highest BCUT2D eigenvalue weighted by Crippen LogP contribution is 2.36. The van der Waals surface area contributed by atoms with Crippen molar-refractivity contribution in [1.82, 2.24) is 15.2 Å². The van der Waals surface area contributed by atoms with E-state index in [4.69, 9.17) is 10.5 Å². The summed E-state index contributed by atoms with van der Waals surface area (Å²) in [6.45, 7) is 2.27. The molecule has 3 heterocycles. The van der Waals surface area contributed by atoms with Gasteiger partial charge in [-0.3, -0.25) is 4.79 Å². The highest BCUT2D eigenvalue weighted by molar-refractivity contribution is 6.13. The van der Waals surface area contributed by atoms with Crippen LogP contribution in [0, 0.1) is 0 Å². The summed E-state index contributed by atoms with van der Waals surface area (Å²) >= 11 is 0. The molecular formula is C18H22F3N5O2. The SMILES string of the molecule is COCC1CN(C2=NC(C(=O)c3cccnc3N)=C(C(F)(F)F)CC2)CCN1. The number of hydrogen-bond acceptors (Lipinski definition) is 7. The number of amidine groups is 1. The molecule has 3 rings (SSSR count). The number of pyridine rings is 1. The number of piperazine rings is 1. The van der Waals surface area contributed by atoms with Crippen LogP contribution in [0.3, 0.4) is 0 Å². The standard InChI is InChI=1S/C18H22F3N5O2/c1-28-10-11-9-26(8-7-23-11)14-5-4-13(18(19,20)21)15(25-14)16(27)12-3-2-6-24-17(12)22/h2-3,6,11,23H,4-5,7-10H2,1H3,(H2,22,24). The first kappa shape index (κ1) is 20.3. The molecule has 1 aromatic heterocycles. The quantitative estimate of drug-likeness (QED) is 0.753. The number of nitrogen functional groups attached to an aromatic ring is 1. The maximum absolute atomic E-state index is 13.5. The van der Waals surface area contributed by atoms with Crippen molar-refractivity contribution < 1.29 is 22.7 Å². The van der Waals surface area contributed by atoms with Crippen LogP contribution in [0.5, 0.6) is 0 Å². The maximum Gasteiger partial charge on any atom is 0.414 e. The molecule has 1 unspecified atom stereocenters. The number of nitrogens with one attached hydrogen (secondary N) is 1. The predicted molar refractivity (Wildman–Crippen MR) is 98.0 cm³/mol. The summed E-state index contributed by atoms with van der Waals surface area (Å²) in [6.07, 6.45) is -3.45. The van der Waals surface area contributed by atoms with Crippen molar-refractivity contribution in [2.45, 2.75) is 25.1 Å². The normalized spacial score (nSPS) is 20.9. The molecule has 2 aliphatic rings. The third-order valence-electron chi connectivity index (χ3n) is 4.75. The van der Waals surface area contributed by atoms with E-state index in [1.807, 2.05) is 4.90 Å². The van der Waals surface area contributed by atoms with Gasteiger partial charge in [0.05, 0.1) is 17.7 Å². The molecule has 10 heteroatoms. The molecule has 0 amide bonds. The molecule has 152 valence electrons. The zero-order valence-corrected chi connectivity index (χ0v) is 15.4. The number of methoxy groups -OCH3 is 1. The Balaban J connectivity index is 1.96. The first-order valence-corrected chi connectivity index (χ1v) is 8.91. The fraction of sp³-hybridized carbons (Fsp3) is 0.500. The predicted octanol–water partition coefficient (Wildman–Crippen LogP) is 1.78. The van der Waals surface area contributed by atoms with E-state index in [-0.39, 0.29) is 30.3 Å². The van der Waals surface area contributed by atoms with Crippen LogP contribution in [0.15, 0.2) is 34.6 Å². The Hall–Kier alpha value is -2.46. The van der Waals surface area contributed by atoms with E-state index in [9.17, 15) is 18.0 Å². The van der Waals surface area contributed by atoms with Crippen molar-refractivity contribution in [3.8, 4) is 0 Å². The van der Waals surface area contributed by atoms with E-state index in [0.29, 0.717) is 32.1 Å². The lowest BCUT2D eigenvalue weighted by Gasteiger charge is -2.37. The van der Waals surface area contributed by atoms with Crippen LogP contribution in [0.4, 0.5) is 19.0 Å². The highest BCUT2D eigenvalue weighted by atomic mass is 19.4. The van der Waals surface area contributed by atoms with Gasteiger partial charge in [0.2, 0.25) is 5.78 Å². The summed E-state index contributed by atoms with van der Waals surface area (Å²) in [7, 11) is 1.59. The molecule has 0 aromatic carbocycles. The van der Waals surface area contributed by atoms with Crippen LogP contribution in [0.1, 0.15) is 23.2 Å². The highest BCUT2D eigenvalue weighted by Gasteiger charge is 2.41. The molecule has 2 aliphatic heterocycles. The minimum Gasteiger partial charge on any atom is -0.383 e. The van der Waals surface area contributed by atoms with Crippen molar-refractivity contribution in [1.29, 1.82) is 0 Å². The Morgan fingerprint density at radius 1 is 1.43 bits per heavy atom. The number of ketones is 1. The summed E-state index contributed by atoms with van der Waals surface area (Å²) < 4.78 is 45.7. The van der Waals surface area contributed by atoms with Crippen LogP contribution in [0.2, 0.25) is 0 Å². The van der Waals surface area contributed by atoms with Gasteiger partial charge in [0.15, 0.2) is 0 Å².